The molecule has 3 N–H and O–H groups in total. The Kier molecular flexibility index (Phi) is 5.00. The fourth-order valence-corrected chi connectivity index (χ4v) is 2.29. The molecule has 0 unspecified atom stereocenters. The topological polar surface area (TPSA) is 96.9 Å². The Bertz CT molecular complexity index is 587. The number of carbonyl (C=O) groups excluding carboxylic acids is 2. The van der Waals surface area contributed by atoms with Gasteiger partial charge in [0, 0.05) is 18.4 Å². The van der Waals surface area contributed by atoms with Crippen molar-refractivity contribution in [2.45, 2.75) is 6.04 Å². The van der Waals surface area contributed by atoms with E-state index in [1.807, 2.05) is 0 Å². The number of nitrogens with one attached hydrogen (secondary N) is 2. The molecule has 2 rings (SSSR count). The second kappa shape index (κ2) is 6.95. The second-order valence-electron chi connectivity index (χ2n) is 4.80. The highest BCUT2D eigenvalue weighted by atomic mass is 16.6. The maximum atomic E-state index is 12.3. The van der Waals surface area contributed by atoms with Gasteiger partial charge in [-0.3, -0.25) is 4.79 Å². The van der Waals surface area contributed by atoms with E-state index >= 15 is 0 Å². The van der Waals surface area contributed by atoms with Crippen molar-refractivity contribution in [2.75, 3.05) is 20.3 Å². The number of rotatable bonds is 5. The molecule has 2 amide bonds. The molecule has 118 valence electrons. The molecule has 7 nitrogen and oxygen atoms in total. The number of methoxy groups -OCH3 is 1. The van der Waals surface area contributed by atoms with E-state index in [0.29, 0.717) is 5.56 Å². The molecular weight excluding hydrogens is 288 g/mol. The summed E-state index contributed by atoms with van der Waals surface area (Å²) < 4.78 is 9.95. The van der Waals surface area contributed by atoms with E-state index in [-0.39, 0.29) is 24.7 Å². The van der Waals surface area contributed by atoms with Crippen molar-refractivity contribution < 1.29 is 24.2 Å². The number of phenols is 1. The molecule has 0 spiro atoms. The van der Waals surface area contributed by atoms with E-state index < -0.39 is 24.0 Å². The predicted molar refractivity (Wildman–Crippen MR) is 78.0 cm³/mol. The lowest BCUT2D eigenvalue weighted by atomic mass is 9.88. The molecule has 1 aromatic carbocycles. The van der Waals surface area contributed by atoms with Crippen LogP contribution < -0.4 is 10.6 Å². The van der Waals surface area contributed by atoms with Gasteiger partial charge in [0.2, 0.25) is 0 Å². The normalized spacial score (nSPS) is 21.0. The zero-order chi connectivity index (χ0) is 16.1. The summed E-state index contributed by atoms with van der Waals surface area (Å²) in [6.45, 7) is 4.08. The van der Waals surface area contributed by atoms with Crippen molar-refractivity contribution in [3.8, 4) is 5.75 Å². The van der Waals surface area contributed by atoms with Crippen molar-refractivity contribution >= 4 is 12.0 Å². The zero-order valence-electron chi connectivity index (χ0n) is 12.2. The fourth-order valence-electron chi connectivity index (χ4n) is 2.29. The van der Waals surface area contributed by atoms with Crippen molar-refractivity contribution in [3.05, 3.63) is 42.1 Å². The van der Waals surface area contributed by atoms with Gasteiger partial charge in [0.05, 0.1) is 12.6 Å². The largest absolute Gasteiger partial charge is 0.508 e. The lowest BCUT2D eigenvalue weighted by Crippen LogP contribution is -2.51. The third-order valence-electron chi connectivity index (χ3n) is 3.33. The molecule has 1 heterocycles. The van der Waals surface area contributed by atoms with Crippen LogP contribution in [0.2, 0.25) is 0 Å². The molecule has 0 bridgehead atoms. The highest BCUT2D eigenvalue weighted by Gasteiger charge is 2.39. The Morgan fingerprint density at radius 1 is 1.36 bits per heavy atom. The average Bonchev–Trinajstić information content (AvgIpc) is 2.47. The quantitative estimate of drug-likeness (QED) is 0.558. The van der Waals surface area contributed by atoms with Crippen LogP contribution in [-0.2, 0) is 14.3 Å². The first kappa shape index (κ1) is 15.8. The molecule has 0 aliphatic carbocycles. The standard InChI is InChI=1S/C15H18N2O5/c1-9-12(14(19)22-8-7-21-2)13(17-15(20)16-9)10-5-3-4-6-11(10)18/h3-6,12-13,18H,1,7-8H2,2H3,(H2,16,17,20)/t12-,13+/m1/s1. The van der Waals surface area contributed by atoms with Gasteiger partial charge in [-0.15, -0.1) is 0 Å². The Hall–Kier alpha value is -2.54. The first-order chi connectivity index (χ1) is 10.5. The van der Waals surface area contributed by atoms with Gasteiger partial charge in [0.1, 0.15) is 18.3 Å². The molecule has 1 aromatic rings. The summed E-state index contributed by atoms with van der Waals surface area (Å²) in [5, 5.41) is 15.1. The smallest absolute Gasteiger partial charge is 0.319 e. The Balaban J connectivity index is 2.26. The highest BCUT2D eigenvalue weighted by molar-refractivity contribution is 5.85. The first-order valence-corrected chi connectivity index (χ1v) is 6.74. The minimum atomic E-state index is -0.845. The molecule has 0 aromatic heterocycles. The van der Waals surface area contributed by atoms with Crippen molar-refractivity contribution in [3.63, 3.8) is 0 Å². The Morgan fingerprint density at radius 3 is 2.77 bits per heavy atom. The average molecular weight is 306 g/mol. The number of phenolic OH excluding ortho intramolecular Hbond substituents is 1. The maximum absolute atomic E-state index is 12.3. The molecule has 0 radical (unpaired) electrons. The molecule has 22 heavy (non-hydrogen) atoms. The SMILES string of the molecule is C=C1NC(=O)N[C@@H](c2ccccc2O)[C@@H]1C(=O)OCCOC. The number of amides is 2. The van der Waals surface area contributed by atoms with E-state index in [0.717, 1.165) is 0 Å². The van der Waals surface area contributed by atoms with Crippen LogP contribution in [0.15, 0.2) is 36.5 Å². The Morgan fingerprint density at radius 2 is 2.09 bits per heavy atom. The number of aromatic hydroxyl groups is 1. The van der Waals surface area contributed by atoms with Gasteiger partial charge in [0.25, 0.3) is 0 Å². The minimum absolute atomic E-state index is 0.0165. The Labute approximate surface area is 127 Å². The van der Waals surface area contributed by atoms with E-state index in [1.54, 1.807) is 18.2 Å². The number of esters is 1. The predicted octanol–water partition coefficient (Wildman–Crippen LogP) is 1.07. The van der Waals surface area contributed by atoms with Gasteiger partial charge in [-0.05, 0) is 6.07 Å². The third-order valence-corrected chi connectivity index (χ3v) is 3.33. The maximum Gasteiger partial charge on any atom is 0.319 e. The lowest BCUT2D eigenvalue weighted by molar-refractivity contribution is -0.149. The van der Waals surface area contributed by atoms with Crippen LogP contribution in [0.4, 0.5) is 4.79 Å². The van der Waals surface area contributed by atoms with Crippen LogP contribution in [0.1, 0.15) is 11.6 Å². The fraction of sp³-hybridized carbons (Fsp3) is 0.333. The number of hydrogen-bond acceptors (Lipinski definition) is 5. The van der Waals surface area contributed by atoms with Crippen LogP contribution in [0.3, 0.4) is 0 Å². The number of ether oxygens (including phenoxy) is 2. The summed E-state index contributed by atoms with van der Waals surface area (Å²) in [5.41, 5.74) is 0.645. The number of para-hydroxylation sites is 1. The summed E-state index contributed by atoms with van der Waals surface area (Å²) in [6.07, 6.45) is 0. The molecular formula is C15H18N2O5. The van der Waals surface area contributed by atoms with Crippen LogP contribution in [0.5, 0.6) is 5.75 Å². The van der Waals surface area contributed by atoms with E-state index in [9.17, 15) is 14.7 Å². The molecule has 0 saturated carbocycles. The first-order valence-electron chi connectivity index (χ1n) is 6.74. The summed E-state index contributed by atoms with van der Waals surface area (Å²) in [7, 11) is 1.50. The van der Waals surface area contributed by atoms with Crippen LogP contribution in [0.25, 0.3) is 0 Å². The van der Waals surface area contributed by atoms with Crippen molar-refractivity contribution in [1.82, 2.24) is 10.6 Å². The van der Waals surface area contributed by atoms with Gasteiger partial charge < -0.3 is 25.2 Å². The number of carbonyl (C=O) groups is 2. The molecule has 7 heteroatoms. The van der Waals surface area contributed by atoms with E-state index in [1.165, 1.54) is 13.2 Å². The van der Waals surface area contributed by atoms with Crippen molar-refractivity contribution in [1.29, 1.82) is 0 Å². The molecule has 1 aliphatic heterocycles. The van der Waals surface area contributed by atoms with Crippen LogP contribution >= 0.6 is 0 Å². The summed E-state index contributed by atoms with van der Waals surface area (Å²) in [5.74, 6) is -1.41. The summed E-state index contributed by atoms with van der Waals surface area (Å²) in [4.78, 5) is 23.9. The highest BCUT2D eigenvalue weighted by Crippen LogP contribution is 2.34. The van der Waals surface area contributed by atoms with Crippen LogP contribution in [0, 0.1) is 5.92 Å². The van der Waals surface area contributed by atoms with Gasteiger partial charge in [-0.2, -0.15) is 0 Å². The third kappa shape index (κ3) is 3.37. The number of benzene rings is 1. The minimum Gasteiger partial charge on any atom is -0.508 e. The molecule has 1 saturated heterocycles. The lowest BCUT2D eigenvalue weighted by Gasteiger charge is -2.33. The zero-order valence-corrected chi connectivity index (χ0v) is 12.2. The summed E-state index contributed by atoms with van der Waals surface area (Å²) >= 11 is 0. The van der Waals surface area contributed by atoms with Crippen LogP contribution in [-0.4, -0.2) is 37.4 Å². The molecule has 1 fully saturated rings. The van der Waals surface area contributed by atoms with Gasteiger partial charge in [-0.25, -0.2) is 4.79 Å². The van der Waals surface area contributed by atoms with E-state index in [2.05, 4.69) is 17.2 Å². The van der Waals surface area contributed by atoms with E-state index in [4.69, 9.17) is 9.47 Å². The van der Waals surface area contributed by atoms with Gasteiger partial charge in [-0.1, -0.05) is 24.8 Å². The summed E-state index contributed by atoms with van der Waals surface area (Å²) in [6, 6.07) is 5.24. The number of hydrogen-bond donors (Lipinski definition) is 3. The van der Waals surface area contributed by atoms with Gasteiger partial charge in [0.15, 0.2) is 0 Å². The second-order valence-corrected chi connectivity index (χ2v) is 4.80. The molecule has 2 atom stereocenters. The van der Waals surface area contributed by atoms with Crippen molar-refractivity contribution in [2.24, 2.45) is 5.92 Å². The monoisotopic (exact) mass is 306 g/mol. The van der Waals surface area contributed by atoms with Gasteiger partial charge >= 0.3 is 12.0 Å². The molecule has 1 aliphatic rings. The number of urea groups is 1.